The Bertz CT molecular complexity index is 3860. The SMILES string of the molecule is c1ccc(-c2nc(-c3ccc4c(c3)sc3ccccc34)nc(-c3cccc4oc5cc(-n6c7ccccc7c7cc8ccccc8cc76)c6ccccc6c5c34)n2)cc1. The second-order valence-corrected chi connectivity index (χ2v) is 16.2. The number of thiophene rings is 1. The zero-order valence-electron chi connectivity index (χ0n) is 31.4. The van der Waals surface area contributed by atoms with Gasteiger partial charge in [0.2, 0.25) is 0 Å². The van der Waals surface area contributed by atoms with Gasteiger partial charge in [-0.05, 0) is 52.6 Å². The summed E-state index contributed by atoms with van der Waals surface area (Å²) < 4.78 is 11.8. The molecular weight excluding hydrogens is 741 g/mol. The lowest BCUT2D eigenvalue weighted by Crippen LogP contribution is -2.00. The van der Waals surface area contributed by atoms with Crippen LogP contribution in [0, 0.1) is 0 Å². The van der Waals surface area contributed by atoms with Gasteiger partial charge in [0.1, 0.15) is 11.2 Å². The van der Waals surface area contributed by atoms with Crippen molar-refractivity contribution in [3.05, 3.63) is 182 Å². The molecule has 0 N–H and O–H groups in total. The van der Waals surface area contributed by atoms with Crippen LogP contribution in [0.15, 0.2) is 186 Å². The molecule has 0 atom stereocenters. The van der Waals surface area contributed by atoms with Gasteiger partial charge in [-0.1, -0.05) is 140 Å². The van der Waals surface area contributed by atoms with Crippen LogP contribution in [0.2, 0.25) is 0 Å². The Morgan fingerprint density at radius 1 is 0.390 bits per heavy atom. The van der Waals surface area contributed by atoms with Gasteiger partial charge in [-0.25, -0.2) is 15.0 Å². The number of aromatic nitrogens is 4. The summed E-state index contributed by atoms with van der Waals surface area (Å²) in [6.45, 7) is 0. The molecular formula is C53H30N4OS. The maximum atomic E-state index is 6.88. The predicted octanol–water partition coefficient (Wildman–Crippen LogP) is 14.5. The first kappa shape index (κ1) is 32.4. The molecule has 0 saturated heterocycles. The summed E-state index contributed by atoms with van der Waals surface area (Å²) in [5, 5.41) is 11.6. The summed E-state index contributed by atoms with van der Waals surface area (Å²) >= 11 is 1.79. The molecule has 0 spiro atoms. The number of rotatable bonds is 4. The molecule has 4 aromatic heterocycles. The highest BCUT2D eigenvalue weighted by Gasteiger charge is 2.23. The van der Waals surface area contributed by atoms with E-state index in [1.54, 1.807) is 11.3 Å². The van der Waals surface area contributed by atoms with Crippen LogP contribution in [0.3, 0.4) is 0 Å². The van der Waals surface area contributed by atoms with Gasteiger partial charge in [0, 0.05) is 69.9 Å². The highest BCUT2D eigenvalue weighted by atomic mass is 32.1. The average molecular weight is 771 g/mol. The minimum absolute atomic E-state index is 0.598. The fourth-order valence-corrected chi connectivity index (χ4v) is 10.3. The first-order valence-electron chi connectivity index (χ1n) is 19.8. The lowest BCUT2D eigenvalue weighted by molar-refractivity contribution is 0.669. The summed E-state index contributed by atoms with van der Waals surface area (Å²) in [5.74, 6) is 1.85. The molecule has 13 aromatic rings. The van der Waals surface area contributed by atoms with E-state index in [9.17, 15) is 0 Å². The number of furan rings is 1. The van der Waals surface area contributed by atoms with Gasteiger partial charge in [-0.3, -0.25) is 0 Å². The zero-order chi connectivity index (χ0) is 38.6. The van der Waals surface area contributed by atoms with Gasteiger partial charge in [-0.2, -0.15) is 0 Å². The van der Waals surface area contributed by atoms with Crippen LogP contribution in [0.5, 0.6) is 0 Å². The smallest absolute Gasteiger partial charge is 0.164 e. The number of para-hydroxylation sites is 1. The third kappa shape index (κ3) is 4.87. The first-order valence-corrected chi connectivity index (χ1v) is 20.6. The number of benzene rings is 9. The highest BCUT2D eigenvalue weighted by Crippen LogP contribution is 2.44. The van der Waals surface area contributed by atoms with Gasteiger partial charge >= 0.3 is 0 Å². The molecule has 9 aromatic carbocycles. The second kappa shape index (κ2) is 12.4. The molecule has 0 aliphatic rings. The van der Waals surface area contributed by atoms with E-state index in [0.717, 1.165) is 66.1 Å². The minimum Gasteiger partial charge on any atom is -0.456 e. The van der Waals surface area contributed by atoms with E-state index < -0.39 is 0 Å². The van der Waals surface area contributed by atoms with Crippen LogP contribution >= 0.6 is 11.3 Å². The number of hydrogen-bond acceptors (Lipinski definition) is 5. The van der Waals surface area contributed by atoms with Crippen molar-refractivity contribution in [2.45, 2.75) is 0 Å². The highest BCUT2D eigenvalue weighted by molar-refractivity contribution is 7.25. The van der Waals surface area contributed by atoms with E-state index in [0.29, 0.717) is 17.5 Å². The Hall–Kier alpha value is -7.67. The van der Waals surface area contributed by atoms with E-state index in [1.807, 2.05) is 24.3 Å². The van der Waals surface area contributed by atoms with Crippen molar-refractivity contribution in [1.29, 1.82) is 0 Å². The fourth-order valence-electron chi connectivity index (χ4n) is 9.16. The molecule has 0 bridgehead atoms. The monoisotopic (exact) mass is 770 g/mol. The molecule has 0 amide bonds. The van der Waals surface area contributed by atoms with Crippen LogP contribution < -0.4 is 0 Å². The van der Waals surface area contributed by atoms with Gasteiger partial charge in [0.05, 0.1) is 16.7 Å². The lowest BCUT2D eigenvalue weighted by atomic mass is 9.99. The quantitative estimate of drug-likeness (QED) is 0.179. The summed E-state index contributed by atoms with van der Waals surface area (Å²) in [7, 11) is 0. The Kier molecular flexibility index (Phi) is 6.82. The maximum Gasteiger partial charge on any atom is 0.164 e. The Labute approximate surface area is 341 Å². The van der Waals surface area contributed by atoms with Crippen LogP contribution in [0.25, 0.3) is 125 Å². The molecule has 4 heterocycles. The van der Waals surface area contributed by atoms with Gasteiger partial charge in [0.25, 0.3) is 0 Å². The maximum absolute atomic E-state index is 6.88. The molecule has 59 heavy (non-hydrogen) atoms. The van der Waals surface area contributed by atoms with E-state index in [4.69, 9.17) is 19.4 Å². The third-order valence-corrected chi connectivity index (χ3v) is 12.9. The summed E-state index contributed by atoms with van der Waals surface area (Å²) in [6.07, 6.45) is 0. The van der Waals surface area contributed by atoms with Gasteiger partial charge < -0.3 is 8.98 Å². The Morgan fingerprint density at radius 3 is 1.93 bits per heavy atom. The normalized spacial score (nSPS) is 12.1. The third-order valence-electron chi connectivity index (χ3n) is 11.8. The van der Waals surface area contributed by atoms with Crippen LogP contribution in [-0.2, 0) is 0 Å². The van der Waals surface area contributed by atoms with Crippen molar-refractivity contribution in [3.63, 3.8) is 0 Å². The Balaban J connectivity index is 1.07. The zero-order valence-corrected chi connectivity index (χ0v) is 32.2. The number of fused-ring (bicyclic) bond motifs is 12. The molecule has 6 heteroatoms. The topological polar surface area (TPSA) is 56.7 Å². The molecule has 0 aliphatic carbocycles. The van der Waals surface area contributed by atoms with E-state index in [1.165, 1.54) is 41.7 Å². The van der Waals surface area contributed by atoms with Crippen LogP contribution in [-0.4, -0.2) is 19.5 Å². The molecule has 0 aliphatic heterocycles. The molecule has 0 fully saturated rings. The standard InChI is InChI=1S/C53H30N4OS/c1-2-13-31(14-3-1)51-54-52(34-25-26-38-37-19-9-11-24-47(37)59-48(38)29-34)56-53(55-51)40-21-12-23-45-50(40)49-39-20-7-6-17-35(39)44(30-46(49)58-45)57-42-22-10-8-18-36(42)41-27-32-15-4-5-16-33(32)28-43(41)57/h1-30H. The summed E-state index contributed by atoms with van der Waals surface area (Å²) in [4.78, 5) is 15.6. The Morgan fingerprint density at radius 2 is 1.07 bits per heavy atom. The van der Waals surface area contributed by atoms with Crippen molar-refractivity contribution in [2.75, 3.05) is 0 Å². The molecule has 13 rings (SSSR count). The molecule has 5 nitrogen and oxygen atoms in total. The molecule has 274 valence electrons. The predicted molar refractivity (Wildman–Crippen MR) is 246 cm³/mol. The number of nitrogens with zero attached hydrogens (tertiary/aromatic N) is 4. The van der Waals surface area contributed by atoms with Crippen molar-refractivity contribution >= 4 is 96.8 Å². The van der Waals surface area contributed by atoms with E-state index in [2.05, 4.69) is 162 Å². The lowest BCUT2D eigenvalue weighted by Gasteiger charge is -2.13. The van der Waals surface area contributed by atoms with E-state index in [-0.39, 0.29) is 0 Å². The van der Waals surface area contributed by atoms with E-state index >= 15 is 0 Å². The molecule has 0 saturated carbocycles. The summed E-state index contributed by atoms with van der Waals surface area (Å²) in [6, 6.07) is 64.3. The van der Waals surface area contributed by atoms with Crippen molar-refractivity contribution < 1.29 is 4.42 Å². The number of hydrogen-bond donors (Lipinski definition) is 0. The largest absolute Gasteiger partial charge is 0.456 e. The first-order chi connectivity index (χ1) is 29.2. The van der Waals surface area contributed by atoms with Gasteiger partial charge in [-0.15, -0.1) is 11.3 Å². The van der Waals surface area contributed by atoms with Crippen molar-refractivity contribution in [3.8, 4) is 39.9 Å². The van der Waals surface area contributed by atoms with Crippen molar-refractivity contribution in [2.24, 2.45) is 0 Å². The average Bonchev–Trinajstić information content (AvgIpc) is 3.97. The van der Waals surface area contributed by atoms with Crippen molar-refractivity contribution in [1.82, 2.24) is 19.5 Å². The van der Waals surface area contributed by atoms with Crippen LogP contribution in [0.4, 0.5) is 0 Å². The fraction of sp³-hybridized carbons (Fsp3) is 0. The van der Waals surface area contributed by atoms with Crippen LogP contribution in [0.1, 0.15) is 0 Å². The van der Waals surface area contributed by atoms with Gasteiger partial charge in [0.15, 0.2) is 17.5 Å². The molecule has 0 unspecified atom stereocenters. The molecule has 0 radical (unpaired) electrons. The minimum atomic E-state index is 0.598. The second-order valence-electron chi connectivity index (χ2n) is 15.1. The summed E-state index contributed by atoms with van der Waals surface area (Å²) in [5.41, 5.74) is 7.74.